The average molecular weight is 321 g/mol. The molecule has 6 heteroatoms. The van der Waals surface area contributed by atoms with Gasteiger partial charge in [-0.25, -0.2) is 0 Å². The minimum Gasteiger partial charge on any atom is -0.414 e. The Morgan fingerprint density at radius 1 is 1.32 bits per heavy atom. The number of aromatic nitrogens is 2. The molecule has 0 spiro atoms. The van der Waals surface area contributed by atoms with Crippen LogP contribution in [0.15, 0.2) is 22.3 Å². The number of hydrogen-bond acceptors (Lipinski definition) is 5. The number of thioether (sulfide) groups is 1. The smallest absolute Gasteiger partial charge is 0.276 e. The van der Waals surface area contributed by atoms with Crippen LogP contribution in [0, 0.1) is 5.41 Å². The van der Waals surface area contributed by atoms with Gasteiger partial charge in [-0.05, 0) is 31.1 Å². The number of allylic oxidation sites excluding steroid dienone is 1. The van der Waals surface area contributed by atoms with Gasteiger partial charge in [-0.2, -0.15) is 0 Å². The van der Waals surface area contributed by atoms with Crippen molar-refractivity contribution in [2.24, 2.45) is 5.41 Å². The van der Waals surface area contributed by atoms with E-state index in [1.807, 2.05) is 6.08 Å². The highest BCUT2D eigenvalue weighted by atomic mass is 32.2. The van der Waals surface area contributed by atoms with Gasteiger partial charge in [-0.15, -0.1) is 16.8 Å². The first-order valence-electron chi connectivity index (χ1n) is 8.05. The molecule has 1 saturated carbocycles. The number of rotatable bonds is 7. The standard InChI is InChI=1S/C16H23N3O2S/c1-2-7-16(8-3-4-9-16)12-22-15-18-17-13(21-15)11-19-10-5-6-14(19)20/h2H,1,3-12H2. The maximum atomic E-state index is 11.6. The van der Waals surface area contributed by atoms with E-state index in [1.54, 1.807) is 16.7 Å². The number of likely N-dealkylation sites (tertiary alicyclic amines) is 1. The molecule has 2 aliphatic rings. The lowest BCUT2D eigenvalue weighted by Gasteiger charge is -2.26. The van der Waals surface area contributed by atoms with E-state index in [0.29, 0.717) is 29.5 Å². The lowest BCUT2D eigenvalue weighted by atomic mass is 9.85. The summed E-state index contributed by atoms with van der Waals surface area (Å²) in [6.07, 6.45) is 9.79. The summed E-state index contributed by atoms with van der Waals surface area (Å²) in [5.41, 5.74) is 0.353. The molecule has 3 rings (SSSR count). The second kappa shape index (κ2) is 6.86. The van der Waals surface area contributed by atoms with Gasteiger partial charge in [-0.3, -0.25) is 4.79 Å². The fourth-order valence-corrected chi connectivity index (χ4v) is 4.54. The molecule has 0 unspecified atom stereocenters. The van der Waals surface area contributed by atoms with Gasteiger partial charge < -0.3 is 9.32 Å². The van der Waals surface area contributed by atoms with Crippen LogP contribution < -0.4 is 0 Å². The largest absolute Gasteiger partial charge is 0.414 e. The minimum absolute atomic E-state index is 0.184. The fourth-order valence-electron chi connectivity index (χ4n) is 3.45. The summed E-state index contributed by atoms with van der Waals surface area (Å²) in [7, 11) is 0. The first-order valence-corrected chi connectivity index (χ1v) is 9.03. The van der Waals surface area contributed by atoms with E-state index in [4.69, 9.17) is 4.42 Å². The summed E-state index contributed by atoms with van der Waals surface area (Å²) < 4.78 is 5.70. The highest BCUT2D eigenvalue weighted by Crippen LogP contribution is 2.44. The quantitative estimate of drug-likeness (QED) is 0.569. The first-order chi connectivity index (χ1) is 10.7. The van der Waals surface area contributed by atoms with E-state index in [1.165, 1.54) is 25.7 Å². The van der Waals surface area contributed by atoms with Crippen LogP contribution in [0.5, 0.6) is 0 Å². The van der Waals surface area contributed by atoms with E-state index >= 15 is 0 Å². The molecule has 2 fully saturated rings. The Morgan fingerprint density at radius 3 is 2.82 bits per heavy atom. The van der Waals surface area contributed by atoms with E-state index < -0.39 is 0 Å². The van der Waals surface area contributed by atoms with Crippen LogP contribution in [0.3, 0.4) is 0 Å². The maximum Gasteiger partial charge on any atom is 0.276 e. The van der Waals surface area contributed by atoms with Crippen LogP contribution in [0.4, 0.5) is 0 Å². The maximum absolute atomic E-state index is 11.6. The summed E-state index contributed by atoms with van der Waals surface area (Å²) in [6, 6.07) is 0. The van der Waals surface area contributed by atoms with Crippen molar-refractivity contribution in [1.29, 1.82) is 0 Å². The van der Waals surface area contributed by atoms with Gasteiger partial charge in [0.1, 0.15) is 0 Å². The van der Waals surface area contributed by atoms with Crippen LogP contribution in [0.2, 0.25) is 0 Å². The zero-order chi connectivity index (χ0) is 15.4. The lowest BCUT2D eigenvalue weighted by molar-refractivity contribution is -0.128. The second-order valence-electron chi connectivity index (χ2n) is 6.37. The molecule has 0 radical (unpaired) electrons. The van der Waals surface area contributed by atoms with E-state index in [9.17, 15) is 4.79 Å². The van der Waals surface area contributed by atoms with Crippen molar-refractivity contribution in [3.63, 3.8) is 0 Å². The highest BCUT2D eigenvalue weighted by molar-refractivity contribution is 7.99. The van der Waals surface area contributed by atoms with Crippen LogP contribution in [-0.2, 0) is 11.3 Å². The Hall–Kier alpha value is -1.30. The first kappa shape index (κ1) is 15.6. The number of nitrogens with zero attached hydrogens (tertiary/aromatic N) is 3. The molecule has 1 saturated heterocycles. The van der Waals surface area contributed by atoms with Crippen LogP contribution in [-0.4, -0.2) is 33.3 Å². The van der Waals surface area contributed by atoms with Gasteiger partial charge in [0, 0.05) is 18.7 Å². The zero-order valence-corrected chi connectivity index (χ0v) is 13.7. The van der Waals surface area contributed by atoms with E-state index in [-0.39, 0.29) is 5.91 Å². The average Bonchev–Trinajstić information content (AvgIpc) is 3.22. The normalized spacial score (nSPS) is 20.7. The number of carbonyl (C=O) groups is 1. The third kappa shape index (κ3) is 3.54. The third-order valence-electron chi connectivity index (χ3n) is 4.69. The molecule has 22 heavy (non-hydrogen) atoms. The molecule has 0 atom stereocenters. The monoisotopic (exact) mass is 321 g/mol. The Bertz CT molecular complexity index is 537. The van der Waals surface area contributed by atoms with Gasteiger partial charge >= 0.3 is 0 Å². The van der Waals surface area contributed by atoms with Gasteiger partial charge in [0.25, 0.3) is 5.22 Å². The molecule has 0 aromatic carbocycles. The minimum atomic E-state index is 0.184. The molecule has 2 heterocycles. The van der Waals surface area contributed by atoms with Crippen molar-refractivity contribution in [2.75, 3.05) is 12.3 Å². The summed E-state index contributed by atoms with van der Waals surface area (Å²) in [5, 5.41) is 8.82. The van der Waals surface area contributed by atoms with E-state index in [2.05, 4.69) is 16.8 Å². The third-order valence-corrected chi connectivity index (χ3v) is 5.86. The summed E-state index contributed by atoms with van der Waals surface area (Å²) in [4.78, 5) is 13.4. The Kier molecular flexibility index (Phi) is 4.86. The number of carbonyl (C=O) groups excluding carboxylic acids is 1. The topological polar surface area (TPSA) is 59.2 Å². The Balaban J connectivity index is 1.55. The van der Waals surface area contributed by atoms with Gasteiger partial charge in [0.05, 0.1) is 6.54 Å². The van der Waals surface area contributed by atoms with Crippen molar-refractivity contribution >= 4 is 17.7 Å². The zero-order valence-electron chi connectivity index (χ0n) is 12.9. The van der Waals surface area contributed by atoms with Crippen molar-refractivity contribution in [2.45, 2.75) is 56.7 Å². The van der Waals surface area contributed by atoms with Gasteiger partial charge in [0.15, 0.2) is 0 Å². The molecule has 1 aromatic heterocycles. The van der Waals surface area contributed by atoms with Crippen molar-refractivity contribution in [1.82, 2.24) is 15.1 Å². The van der Waals surface area contributed by atoms with Gasteiger partial charge in [-0.1, -0.05) is 30.7 Å². The lowest BCUT2D eigenvalue weighted by Crippen LogP contribution is -2.23. The molecule has 1 aromatic rings. The van der Waals surface area contributed by atoms with Crippen LogP contribution >= 0.6 is 11.8 Å². The summed E-state index contributed by atoms with van der Waals surface area (Å²) in [6.45, 7) is 5.14. The molecule has 1 aliphatic carbocycles. The van der Waals surface area contributed by atoms with Crippen LogP contribution in [0.25, 0.3) is 0 Å². The summed E-state index contributed by atoms with van der Waals surface area (Å²) >= 11 is 1.64. The summed E-state index contributed by atoms with van der Waals surface area (Å²) in [5.74, 6) is 1.73. The SMILES string of the molecule is C=CCC1(CSc2nnc(CN3CCCC3=O)o2)CCCC1. The number of amides is 1. The van der Waals surface area contributed by atoms with Crippen LogP contribution in [0.1, 0.15) is 50.8 Å². The van der Waals surface area contributed by atoms with Gasteiger partial charge in [0.2, 0.25) is 11.8 Å². The van der Waals surface area contributed by atoms with Crippen molar-refractivity contribution < 1.29 is 9.21 Å². The molecule has 1 amide bonds. The predicted molar refractivity (Wildman–Crippen MR) is 85.4 cm³/mol. The second-order valence-corrected chi connectivity index (χ2v) is 7.30. The van der Waals surface area contributed by atoms with Crippen molar-refractivity contribution in [3.8, 4) is 0 Å². The van der Waals surface area contributed by atoms with Crippen molar-refractivity contribution in [3.05, 3.63) is 18.5 Å². The van der Waals surface area contributed by atoms with E-state index in [0.717, 1.165) is 25.1 Å². The predicted octanol–water partition coefficient (Wildman–Crippen LogP) is 3.42. The molecular weight excluding hydrogens is 298 g/mol. The molecule has 120 valence electrons. The highest BCUT2D eigenvalue weighted by Gasteiger charge is 2.33. The molecule has 1 aliphatic heterocycles. The fraction of sp³-hybridized carbons (Fsp3) is 0.688. The Labute approximate surface area is 135 Å². The Morgan fingerprint density at radius 2 is 2.14 bits per heavy atom. The molecular formula is C16H23N3O2S. The number of hydrogen-bond donors (Lipinski definition) is 0. The molecule has 5 nitrogen and oxygen atoms in total. The molecule has 0 bridgehead atoms. The molecule has 0 N–H and O–H groups in total.